The van der Waals surface area contributed by atoms with Crippen molar-refractivity contribution in [3.8, 4) is 0 Å². The van der Waals surface area contributed by atoms with Crippen molar-refractivity contribution in [1.29, 1.82) is 0 Å². The first kappa shape index (κ1) is 11.1. The molecule has 0 aromatic rings. The topological polar surface area (TPSA) is 46.2 Å². The summed E-state index contributed by atoms with van der Waals surface area (Å²) in [6.07, 6.45) is 4.08. The van der Waals surface area contributed by atoms with Crippen LogP contribution in [0.25, 0.3) is 0 Å². The lowest BCUT2D eigenvalue weighted by molar-refractivity contribution is 0.299. The number of allylic oxidation sites excluding steroid dienone is 4. The summed E-state index contributed by atoms with van der Waals surface area (Å²) in [7, 11) is 0. The van der Waals surface area contributed by atoms with E-state index in [4.69, 9.17) is 5.73 Å². The van der Waals surface area contributed by atoms with Gasteiger partial charge in [-0.05, 0) is 25.0 Å². The highest BCUT2D eigenvalue weighted by atomic mass is 16.3. The van der Waals surface area contributed by atoms with Gasteiger partial charge in [0.2, 0.25) is 0 Å². The lowest BCUT2D eigenvalue weighted by Gasteiger charge is -2.28. The SMILES string of the molecule is CC1=CC=C(C)C(C)(C)C(CO)=C1N. The standard InChI is InChI=1S/C12H19NO/c1-8-5-6-9(2)12(3,4)10(7-14)11(8)13/h5-6,14H,7,13H2,1-4H3. The normalized spacial score (nSPS) is 21.5. The Morgan fingerprint density at radius 3 is 2.36 bits per heavy atom. The van der Waals surface area contributed by atoms with Crippen LogP contribution in [0, 0.1) is 5.41 Å². The van der Waals surface area contributed by atoms with Crippen LogP contribution in [0.3, 0.4) is 0 Å². The highest BCUT2D eigenvalue weighted by Crippen LogP contribution is 2.38. The Morgan fingerprint density at radius 2 is 1.86 bits per heavy atom. The van der Waals surface area contributed by atoms with Crippen LogP contribution < -0.4 is 5.73 Å². The van der Waals surface area contributed by atoms with Crippen molar-refractivity contribution >= 4 is 0 Å². The molecule has 0 radical (unpaired) electrons. The van der Waals surface area contributed by atoms with Crippen LogP contribution in [0.2, 0.25) is 0 Å². The van der Waals surface area contributed by atoms with Crippen molar-refractivity contribution in [1.82, 2.24) is 0 Å². The summed E-state index contributed by atoms with van der Waals surface area (Å²) in [5, 5.41) is 9.37. The van der Waals surface area contributed by atoms with E-state index >= 15 is 0 Å². The maximum atomic E-state index is 9.37. The molecule has 0 bridgehead atoms. The fourth-order valence-corrected chi connectivity index (χ4v) is 1.64. The van der Waals surface area contributed by atoms with Crippen molar-refractivity contribution < 1.29 is 5.11 Å². The van der Waals surface area contributed by atoms with Crippen molar-refractivity contribution in [2.24, 2.45) is 11.1 Å². The van der Waals surface area contributed by atoms with E-state index in [1.807, 2.05) is 13.0 Å². The molecule has 0 spiro atoms. The van der Waals surface area contributed by atoms with Crippen molar-refractivity contribution in [3.05, 3.63) is 34.6 Å². The molecule has 0 heterocycles. The van der Waals surface area contributed by atoms with Gasteiger partial charge in [-0.3, -0.25) is 0 Å². The number of aliphatic hydroxyl groups is 1. The second-order valence-corrected chi connectivity index (χ2v) is 4.37. The molecule has 0 fully saturated rings. The molecule has 2 heteroatoms. The van der Waals surface area contributed by atoms with E-state index in [0.717, 1.165) is 16.8 Å². The molecular formula is C12H19NO. The fourth-order valence-electron chi connectivity index (χ4n) is 1.64. The molecule has 2 nitrogen and oxygen atoms in total. The maximum absolute atomic E-state index is 9.37. The smallest absolute Gasteiger partial charge is 0.0673 e. The molecule has 78 valence electrons. The Hall–Kier alpha value is -1.02. The van der Waals surface area contributed by atoms with Gasteiger partial charge in [0.1, 0.15) is 0 Å². The summed E-state index contributed by atoms with van der Waals surface area (Å²) in [4.78, 5) is 0. The number of hydrogen-bond donors (Lipinski definition) is 2. The first-order valence-corrected chi connectivity index (χ1v) is 4.87. The van der Waals surface area contributed by atoms with Gasteiger partial charge in [-0.15, -0.1) is 0 Å². The zero-order valence-electron chi connectivity index (χ0n) is 9.39. The highest BCUT2D eigenvalue weighted by Gasteiger charge is 2.28. The second-order valence-electron chi connectivity index (χ2n) is 4.37. The summed E-state index contributed by atoms with van der Waals surface area (Å²) in [5.41, 5.74) is 9.74. The molecule has 0 saturated heterocycles. The number of aliphatic hydroxyl groups excluding tert-OH is 1. The zero-order valence-corrected chi connectivity index (χ0v) is 9.39. The molecular weight excluding hydrogens is 174 g/mol. The molecule has 1 aliphatic carbocycles. The van der Waals surface area contributed by atoms with Gasteiger partial charge in [0.15, 0.2) is 0 Å². The predicted molar refractivity (Wildman–Crippen MR) is 59.6 cm³/mol. The molecule has 3 N–H and O–H groups in total. The first-order chi connectivity index (χ1) is 6.41. The van der Waals surface area contributed by atoms with Crippen LogP contribution in [0.15, 0.2) is 34.6 Å². The van der Waals surface area contributed by atoms with Gasteiger partial charge in [0.25, 0.3) is 0 Å². The maximum Gasteiger partial charge on any atom is 0.0673 e. The first-order valence-electron chi connectivity index (χ1n) is 4.87. The third-order valence-electron chi connectivity index (χ3n) is 3.23. The van der Waals surface area contributed by atoms with Crippen LogP contribution in [0.1, 0.15) is 27.7 Å². The van der Waals surface area contributed by atoms with E-state index in [2.05, 4.69) is 26.8 Å². The van der Waals surface area contributed by atoms with Gasteiger partial charge >= 0.3 is 0 Å². The monoisotopic (exact) mass is 193 g/mol. The molecule has 0 aliphatic heterocycles. The van der Waals surface area contributed by atoms with E-state index in [1.165, 1.54) is 5.57 Å². The molecule has 1 rings (SSSR count). The van der Waals surface area contributed by atoms with Crippen LogP contribution in [0.4, 0.5) is 0 Å². The van der Waals surface area contributed by atoms with Gasteiger partial charge in [0.05, 0.1) is 6.61 Å². The Kier molecular flexibility index (Phi) is 2.86. The molecule has 0 atom stereocenters. The van der Waals surface area contributed by atoms with Crippen LogP contribution >= 0.6 is 0 Å². The third-order valence-corrected chi connectivity index (χ3v) is 3.23. The van der Waals surface area contributed by atoms with Crippen molar-refractivity contribution in [2.45, 2.75) is 27.7 Å². The largest absolute Gasteiger partial charge is 0.398 e. The Balaban J connectivity index is 3.36. The minimum absolute atomic E-state index is 0.0230. The van der Waals surface area contributed by atoms with E-state index < -0.39 is 0 Å². The summed E-state index contributed by atoms with van der Waals surface area (Å²) < 4.78 is 0. The molecule has 0 unspecified atom stereocenters. The van der Waals surface area contributed by atoms with Gasteiger partial charge in [-0.1, -0.05) is 31.6 Å². The van der Waals surface area contributed by atoms with E-state index in [0.29, 0.717) is 0 Å². The van der Waals surface area contributed by atoms with Crippen molar-refractivity contribution in [3.63, 3.8) is 0 Å². The van der Waals surface area contributed by atoms with E-state index in [9.17, 15) is 5.11 Å². The number of nitrogens with two attached hydrogens (primary N) is 1. The third kappa shape index (κ3) is 1.62. The van der Waals surface area contributed by atoms with Crippen molar-refractivity contribution in [2.75, 3.05) is 6.61 Å². The zero-order chi connectivity index (χ0) is 10.9. The molecule has 0 aromatic carbocycles. The summed E-state index contributed by atoms with van der Waals surface area (Å²) in [6.45, 7) is 8.23. The number of rotatable bonds is 1. The van der Waals surface area contributed by atoms with Gasteiger partial charge < -0.3 is 10.8 Å². The highest BCUT2D eigenvalue weighted by molar-refractivity contribution is 5.44. The molecule has 14 heavy (non-hydrogen) atoms. The Labute approximate surface area is 85.8 Å². The Morgan fingerprint density at radius 1 is 1.29 bits per heavy atom. The quantitative estimate of drug-likeness (QED) is 0.670. The fraction of sp³-hybridized carbons (Fsp3) is 0.500. The van der Waals surface area contributed by atoms with E-state index in [1.54, 1.807) is 0 Å². The molecule has 1 aliphatic rings. The Bertz CT molecular complexity index is 332. The minimum atomic E-state index is -0.146. The van der Waals surface area contributed by atoms with Crippen LogP contribution in [-0.4, -0.2) is 11.7 Å². The predicted octanol–water partition coefficient (Wildman–Crippen LogP) is 2.12. The lowest BCUT2D eigenvalue weighted by Crippen LogP contribution is -2.22. The lowest BCUT2D eigenvalue weighted by atomic mass is 9.77. The van der Waals surface area contributed by atoms with Gasteiger partial charge in [0, 0.05) is 11.1 Å². The summed E-state index contributed by atoms with van der Waals surface area (Å²) in [6, 6.07) is 0. The van der Waals surface area contributed by atoms with Gasteiger partial charge in [-0.25, -0.2) is 0 Å². The molecule has 0 amide bonds. The average molecular weight is 193 g/mol. The summed E-state index contributed by atoms with van der Waals surface area (Å²) in [5.74, 6) is 0. The second kappa shape index (κ2) is 3.62. The van der Waals surface area contributed by atoms with Crippen LogP contribution in [-0.2, 0) is 0 Å². The van der Waals surface area contributed by atoms with Gasteiger partial charge in [-0.2, -0.15) is 0 Å². The van der Waals surface area contributed by atoms with E-state index in [-0.39, 0.29) is 12.0 Å². The minimum Gasteiger partial charge on any atom is -0.398 e. The average Bonchev–Trinajstić information content (AvgIpc) is 2.18. The summed E-state index contributed by atoms with van der Waals surface area (Å²) >= 11 is 0. The molecule has 0 aromatic heterocycles. The van der Waals surface area contributed by atoms with Crippen LogP contribution in [0.5, 0.6) is 0 Å². The number of hydrogen-bond acceptors (Lipinski definition) is 2. The molecule has 0 saturated carbocycles.